The van der Waals surface area contributed by atoms with Crippen LogP contribution < -0.4 is 5.32 Å². The Morgan fingerprint density at radius 2 is 1.16 bits per heavy atom. The number of rotatable bonds is 17. The standard InChI is InChI=1S/C21H41NO3/c1-4-5-6-7-8-9-10-11-12-13-14-15-16-17-18-20(21(24)25-3)22-19(2)23/h20H,4-18H2,1-3H3,(H,22,23). The quantitative estimate of drug-likeness (QED) is 0.275. The molecule has 0 radical (unpaired) electrons. The lowest BCUT2D eigenvalue weighted by Gasteiger charge is -2.15. The summed E-state index contributed by atoms with van der Waals surface area (Å²) in [4.78, 5) is 22.7. The second kappa shape index (κ2) is 17.8. The fraction of sp³-hybridized carbons (Fsp3) is 0.905. The molecule has 1 N–H and O–H groups in total. The Balaban J connectivity index is 3.39. The Hall–Kier alpha value is -1.06. The van der Waals surface area contributed by atoms with Crippen LogP contribution in [0.15, 0.2) is 0 Å². The van der Waals surface area contributed by atoms with Crippen LogP contribution in [-0.2, 0) is 14.3 Å². The lowest BCUT2D eigenvalue weighted by Crippen LogP contribution is -2.40. The zero-order valence-corrected chi connectivity index (χ0v) is 16.9. The van der Waals surface area contributed by atoms with Crippen molar-refractivity contribution in [2.24, 2.45) is 0 Å². The van der Waals surface area contributed by atoms with Gasteiger partial charge in [0.2, 0.25) is 5.91 Å². The molecule has 0 rings (SSSR count). The molecule has 25 heavy (non-hydrogen) atoms. The maximum atomic E-state index is 11.6. The Labute approximate surface area is 155 Å². The van der Waals surface area contributed by atoms with E-state index >= 15 is 0 Å². The molecule has 4 heteroatoms. The minimum atomic E-state index is -0.486. The first-order chi connectivity index (χ1) is 12.1. The van der Waals surface area contributed by atoms with Crippen LogP contribution in [0.1, 0.15) is 110 Å². The van der Waals surface area contributed by atoms with Crippen molar-refractivity contribution >= 4 is 11.9 Å². The molecular weight excluding hydrogens is 314 g/mol. The molecule has 0 aliphatic carbocycles. The third-order valence-corrected chi connectivity index (χ3v) is 4.71. The number of amides is 1. The summed E-state index contributed by atoms with van der Waals surface area (Å²) >= 11 is 0. The van der Waals surface area contributed by atoms with Gasteiger partial charge >= 0.3 is 5.97 Å². The Morgan fingerprint density at radius 1 is 0.760 bits per heavy atom. The predicted molar refractivity (Wildman–Crippen MR) is 105 cm³/mol. The number of esters is 1. The largest absolute Gasteiger partial charge is 0.467 e. The summed E-state index contributed by atoms with van der Waals surface area (Å²) in [5, 5.41) is 2.66. The zero-order chi connectivity index (χ0) is 18.8. The van der Waals surface area contributed by atoms with Crippen molar-refractivity contribution in [3.8, 4) is 0 Å². The number of nitrogens with one attached hydrogen (secondary N) is 1. The summed E-state index contributed by atoms with van der Waals surface area (Å²) in [5.74, 6) is -0.523. The molecule has 1 atom stereocenters. The number of carbonyl (C=O) groups excluding carboxylic acids is 2. The van der Waals surface area contributed by atoms with E-state index < -0.39 is 6.04 Å². The fourth-order valence-electron chi connectivity index (χ4n) is 3.18. The van der Waals surface area contributed by atoms with Gasteiger partial charge in [0.25, 0.3) is 0 Å². The highest BCUT2D eigenvalue weighted by molar-refractivity contribution is 5.83. The summed E-state index contributed by atoms with van der Waals surface area (Å²) in [6.45, 7) is 3.70. The molecule has 0 aromatic heterocycles. The van der Waals surface area contributed by atoms with Gasteiger partial charge in [0.15, 0.2) is 0 Å². The van der Waals surface area contributed by atoms with Crippen LogP contribution in [-0.4, -0.2) is 25.0 Å². The molecule has 0 fully saturated rings. The maximum Gasteiger partial charge on any atom is 0.328 e. The second-order valence-electron chi connectivity index (χ2n) is 7.16. The molecule has 0 bridgehead atoms. The Kier molecular flexibility index (Phi) is 17.0. The van der Waals surface area contributed by atoms with Crippen LogP contribution in [0.2, 0.25) is 0 Å². The summed E-state index contributed by atoms with van der Waals surface area (Å²) in [6.07, 6.45) is 19.0. The third kappa shape index (κ3) is 16.2. The van der Waals surface area contributed by atoms with E-state index in [9.17, 15) is 9.59 Å². The highest BCUT2D eigenvalue weighted by Crippen LogP contribution is 2.14. The van der Waals surface area contributed by atoms with E-state index in [2.05, 4.69) is 12.2 Å². The number of methoxy groups -OCH3 is 1. The van der Waals surface area contributed by atoms with Crippen molar-refractivity contribution in [2.75, 3.05) is 7.11 Å². The van der Waals surface area contributed by atoms with Crippen molar-refractivity contribution in [3.63, 3.8) is 0 Å². The minimum Gasteiger partial charge on any atom is -0.467 e. The molecule has 0 heterocycles. The first kappa shape index (κ1) is 23.9. The van der Waals surface area contributed by atoms with Crippen molar-refractivity contribution < 1.29 is 14.3 Å². The monoisotopic (exact) mass is 355 g/mol. The molecule has 148 valence electrons. The van der Waals surface area contributed by atoms with Gasteiger partial charge in [0.1, 0.15) is 6.04 Å². The van der Waals surface area contributed by atoms with E-state index in [1.54, 1.807) is 0 Å². The van der Waals surface area contributed by atoms with Crippen LogP contribution in [0.5, 0.6) is 0 Å². The van der Waals surface area contributed by atoms with Gasteiger partial charge in [-0.15, -0.1) is 0 Å². The molecule has 0 saturated heterocycles. The van der Waals surface area contributed by atoms with Crippen molar-refractivity contribution in [1.29, 1.82) is 0 Å². The van der Waals surface area contributed by atoms with Crippen LogP contribution in [0, 0.1) is 0 Å². The normalized spacial score (nSPS) is 12.0. The van der Waals surface area contributed by atoms with E-state index in [0.717, 1.165) is 12.8 Å². The van der Waals surface area contributed by atoms with Crippen LogP contribution in [0.4, 0.5) is 0 Å². The van der Waals surface area contributed by atoms with Crippen LogP contribution in [0.3, 0.4) is 0 Å². The van der Waals surface area contributed by atoms with Gasteiger partial charge in [-0.2, -0.15) is 0 Å². The van der Waals surface area contributed by atoms with Crippen molar-refractivity contribution in [3.05, 3.63) is 0 Å². The highest BCUT2D eigenvalue weighted by atomic mass is 16.5. The first-order valence-corrected chi connectivity index (χ1v) is 10.5. The molecule has 4 nitrogen and oxygen atoms in total. The minimum absolute atomic E-state index is 0.180. The lowest BCUT2D eigenvalue weighted by molar-refractivity contribution is -0.145. The van der Waals surface area contributed by atoms with Crippen molar-refractivity contribution in [2.45, 2.75) is 116 Å². The highest BCUT2D eigenvalue weighted by Gasteiger charge is 2.19. The summed E-state index contributed by atoms with van der Waals surface area (Å²) in [7, 11) is 1.36. The first-order valence-electron chi connectivity index (χ1n) is 10.5. The van der Waals surface area contributed by atoms with Gasteiger partial charge in [-0.05, 0) is 6.42 Å². The molecule has 0 spiro atoms. The van der Waals surface area contributed by atoms with Gasteiger partial charge < -0.3 is 10.1 Å². The molecule has 0 aliphatic heterocycles. The van der Waals surface area contributed by atoms with Crippen molar-refractivity contribution in [1.82, 2.24) is 5.32 Å². The van der Waals surface area contributed by atoms with E-state index in [0.29, 0.717) is 6.42 Å². The smallest absolute Gasteiger partial charge is 0.328 e. The summed E-state index contributed by atoms with van der Waals surface area (Å²) in [5.41, 5.74) is 0. The number of unbranched alkanes of at least 4 members (excludes halogenated alkanes) is 13. The maximum absolute atomic E-state index is 11.6. The third-order valence-electron chi connectivity index (χ3n) is 4.71. The predicted octanol–water partition coefficient (Wildman–Crippen LogP) is 5.54. The molecule has 0 aromatic rings. The molecule has 1 amide bonds. The van der Waals surface area contributed by atoms with Gasteiger partial charge in [-0.25, -0.2) is 4.79 Å². The van der Waals surface area contributed by atoms with Gasteiger partial charge in [0, 0.05) is 6.92 Å². The summed E-state index contributed by atoms with van der Waals surface area (Å²) < 4.78 is 4.73. The molecule has 0 saturated carbocycles. The number of hydrogen-bond donors (Lipinski definition) is 1. The number of ether oxygens (including phenoxy) is 1. The number of carbonyl (C=O) groups is 2. The topological polar surface area (TPSA) is 55.4 Å². The summed E-state index contributed by atoms with van der Waals surface area (Å²) in [6, 6.07) is -0.486. The van der Waals surface area contributed by atoms with E-state index in [1.165, 1.54) is 91.1 Å². The van der Waals surface area contributed by atoms with E-state index in [-0.39, 0.29) is 11.9 Å². The SMILES string of the molecule is CCCCCCCCCCCCCCCCC(NC(C)=O)C(=O)OC. The van der Waals surface area contributed by atoms with Crippen LogP contribution >= 0.6 is 0 Å². The average molecular weight is 356 g/mol. The molecule has 0 aromatic carbocycles. The fourth-order valence-corrected chi connectivity index (χ4v) is 3.18. The van der Waals surface area contributed by atoms with E-state index in [4.69, 9.17) is 4.74 Å². The molecule has 1 unspecified atom stereocenters. The Bertz CT molecular complexity index is 331. The van der Waals surface area contributed by atoms with Gasteiger partial charge in [0.05, 0.1) is 7.11 Å². The molecule has 0 aliphatic rings. The average Bonchev–Trinajstić information content (AvgIpc) is 2.60. The second-order valence-corrected chi connectivity index (χ2v) is 7.16. The van der Waals surface area contributed by atoms with Gasteiger partial charge in [-0.3, -0.25) is 4.79 Å². The lowest BCUT2D eigenvalue weighted by atomic mass is 10.0. The number of hydrogen-bond acceptors (Lipinski definition) is 3. The zero-order valence-electron chi connectivity index (χ0n) is 16.9. The van der Waals surface area contributed by atoms with Gasteiger partial charge in [-0.1, -0.05) is 96.8 Å². The Morgan fingerprint density at radius 3 is 1.52 bits per heavy atom. The molecular formula is C21H41NO3. The van der Waals surface area contributed by atoms with Crippen LogP contribution in [0.25, 0.3) is 0 Å². The van der Waals surface area contributed by atoms with E-state index in [1.807, 2.05) is 0 Å².